The summed E-state index contributed by atoms with van der Waals surface area (Å²) in [6, 6.07) is 0. The van der Waals surface area contributed by atoms with Crippen LogP contribution in [0.25, 0.3) is 0 Å². The van der Waals surface area contributed by atoms with Gasteiger partial charge in [-0.2, -0.15) is 0 Å². The standard InChI is InChI=1S/C2H4O3.Na.H2O4S/c3-1-2(4)5;;1-5(2,3)4/h3H,1H2,(H,4,5);;(H2,1,2,3,4)/q;+1;/p-3. The molecular formula is C2H3NaO7S-2. The third-order valence-corrected chi connectivity index (χ3v) is 0.129. The maximum Gasteiger partial charge on any atom is 1.00 e. The molecule has 0 heterocycles. The van der Waals surface area contributed by atoms with E-state index in [-0.39, 0.29) is 29.6 Å². The van der Waals surface area contributed by atoms with E-state index >= 15 is 0 Å². The van der Waals surface area contributed by atoms with E-state index < -0.39 is 23.0 Å². The van der Waals surface area contributed by atoms with Crippen LogP contribution in [0.1, 0.15) is 0 Å². The van der Waals surface area contributed by atoms with Gasteiger partial charge in [0, 0.05) is 10.4 Å². The van der Waals surface area contributed by atoms with E-state index in [1.807, 2.05) is 0 Å². The number of carboxylic acids is 1. The molecule has 0 atom stereocenters. The van der Waals surface area contributed by atoms with Gasteiger partial charge in [0.1, 0.15) is 0 Å². The zero-order chi connectivity index (χ0) is 8.78. The number of hydrogen-bond acceptors (Lipinski definition) is 7. The van der Waals surface area contributed by atoms with Crippen molar-refractivity contribution in [2.24, 2.45) is 0 Å². The smallest absolute Gasteiger partial charge is 0.759 e. The van der Waals surface area contributed by atoms with Gasteiger partial charge in [0.25, 0.3) is 0 Å². The molecule has 0 aliphatic rings. The van der Waals surface area contributed by atoms with Crippen molar-refractivity contribution in [1.29, 1.82) is 0 Å². The van der Waals surface area contributed by atoms with Crippen molar-refractivity contribution in [3.05, 3.63) is 0 Å². The predicted octanol–water partition coefficient (Wildman–Crippen LogP) is -6.61. The summed E-state index contributed by atoms with van der Waals surface area (Å²) in [5.74, 6) is -1.44. The second kappa shape index (κ2) is 8.40. The molecule has 0 unspecified atom stereocenters. The van der Waals surface area contributed by atoms with Crippen molar-refractivity contribution >= 4 is 16.4 Å². The first-order chi connectivity index (χ1) is 4.27. The number of aliphatic carboxylic acids is 1. The zero-order valence-electron chi connectivity index (χ0n) is 5.51. The summed E-state index contributed by atoms with van der Waals surface area (Å²) in [5.41, 5.74) is 0. The fraction of sp³-hybridized carbons (Fsp3) is 0.500. The Morgan fingerprint density at radius 1 is 1.36 bits per heavy atom. The Hall–Kier alpha value is 0.300. The molecular weight excluding hydrogens is 191 g/mol. The second-order valence-electron chi connectivity index (χ2n) is 0.938. The molecule has 0 spiro atoms. The van der Waals surface area contributed by atoms with Gasteiger partial charge in [-0.25, -0.2) is 0 Å². The number of carbonyl (C=O) groups is 1. The molecule has 1 N–H and O–H groups in total. The largest absolute Gasteiger partial charge is 1.00 e. The van der Waals surface area contributed by atoms with Gasteiger partial charge in [-0.3, -0.25) is 8.42 Å². The monoisotopic (exact) mass is 194 g/mol. The van der Waals surface area contributed by atoms with Gasteiger partial charge in [-0.1, -0.05) is 0 Å². The van der Waals surface area contributed by atoms with E-state index in [0.717, 1.165) is 0 Å². The van der Waals surface area contributed by atoms with Gasteiger partial charge in [-0.15, -0.1) is 0 Å². The number of carboxylic acid groups (broad SMARTS) is 1. The normalized spacial score (nSPS) is 8.64. The average Bonchev–Trinajstić information content (AvgIpc) is 1.61. The zero-order valence-corrected chi connectivity index (χ0v) is 8.33. The summed E-state index contributed by atoms with van der Waals surface area (Å²) >= 11 is 0. The molecule has 0 rings (SSSR count). The molecule has 0 fully saturated rings. The molecule has 62 valence electrons. The van der Waals surface area contributed by atoms with Crippen LogP contribution >= 0.6 is 0 Å². The Labute approximate surface area is 84.9 Å². The van der Waals surface area contributed by atoms with E-state index in [1.54, 1.807) is 0 Å². The van der Waals surface area contributed by atoms with Crippen molar-refractivity contribution in [1.82, 2.24) is 0 Å². The summed E-state index contributed by atoms with van der Waals surface area (Å²) in [4.78, 5) is 9.01. The van der Waals surface area contributed by atoms with Gasteiger partial charge in [0.15, 0.2) is 0 Å². The first-order valence-electron chi connectivity index (χ1n) is 1.74. The topological polar surface area (TPSA) is 141 Å². The molecule has 7 nitrogen and oxygen atoms in total. The quantitative estimate of drug-likeness (QED) is 0.248. The SMILES string of the molecule is O=C([O-])CO.O=S(=O)([O-])[O-].[Na+]. The summed E-state index contributed by atoms with van der Waals surface area (Å²) < 4.78 is 34.1. The maximum atomic E-state index is 9.01. The molecule has 0 bridgehead atoms. The molecule has 0 aromatic heterocycles. The van der Waals surface area contributed by atoms with E-state index in [4.69, 9.17) is 32.5 Å². The first-order valence-corrected chi connectivity index (χ1v) is 3.08. The Balaban J connectivity index is -0.000000107. The van der Waals surface area contributed by atoms with E-state index in [0.29, 0.717) is 0 Å². The summed E-state index contributed by atoms with van der Waals surface area (Å²) in [6.45, 7) is -0.889. The fourth-order valence-corrected chi connectivity index (χ4v) is 0. The van der Waals surface area contributed by atoms with Gasteiger partial charge in [-0.05, 0) is 0 Å². The minimum atomic E-state index is -5.17. The van der Waals surface area contributed by atoms with Crippen LogP contribution in [0, 0.1) is 0 Å². The summed E-state index contributed by atoms with van der Waals surface area (Å²) in [7, 11) is -5.17. The van der Waals surface area contributed by atoms with Crippen LogP contribution < -0.4 is 34.7 Å². The Bertz CT molecular complexity index is 175. The maximum absolute atomic E-state index is 9.01. The van der Waals surface area contributed by atoms with E-state index in [1.165, 1.54) is 0 Å². The molecule has 0 aliphatic carbocycles. The molecule has 0 saturated heterocycles. The van der Waals surface area contributed by atoms with Crippen LogP contribution in [-0.2, 0) is 15.2 Å². The van der Waals surface area contributed by atoms with Gasteiger partial charge in [0.05, 0.1) is 12.6 Å². The molecule has 11 heavy (non-hydrogen) atoms. The van der Waals surface area contributed by atoms with Crippen LogP contribution in [0.4, 0.5) is 0 Å². The van der Waals surface area contributed by atoms with Crippen molar-refractivity contribution in [3.8, 4) is 0 Å². The van der Waals surface area contributed by atoms with Crippen LogP contribution in [0.2, 0.25) is 0 Å². The Morgan fingerprint density at radius 2 is 1.45 bits per heavy atom. The van der Waals surface area contributed by atoms with Crippen molar-refractivity contribution in [2.75, 3.05) is 6.61 Å². The van der Waals surface area contributed by atoms with Gasteiger partial charge >= 0.3 is 29.6 Å². The first kappa shape index (κ1) is 17.4. The number of aliphatic hydroxyl groups is 1. The molecule has 9 heteroatoms. The molecule has 0 aromatic rings. The van der Waals surface area contributed by atoms with E-state index in [2.05, 4.69) is 0 Å². The Kier molecular flexibility index (Phi) is 13.3. The van der Waals surface area contributed by atoms with Gasteiger partial charge in [0.2, 0.25) is 0 Å². The molecule has 0 aromatic carbocycles. The van der Waals surface area contributed by atoms with Crippen LogP contribution in [0.3, 0.4) is 0 Å². The number of aliphatic hydroxyl groups excluding tert-OH is 1. The number of carbonyl (C=O) groups excluding carboxylic acids is 1. The Morgan fingerprint density at radius 3 is 1.45 bits per heavy atom. The minimum absolute atomic E-state index is 0. The molecule has 0 amide bonds. The second-order valence-corrected chi connectivity index (χ2v) is 1.75. The van der Waals surface area contributed by atoms with Crippen molar-refractivity contribution in [2.45, 2.75) is 0 Å². The summed E-state index contributed by atoms with van der Waals surface area (Å²) in [5, 5.41) is 16.5. The molecule has 0 radical (unpaired) electrons. The average molecular weight is 194 g/mol. The van der Waals surface area contributed by atoms with E-state index in [9.17, 15) is 0 Å². The minimum Gasteiger partial charge on any atom is -0.759 e. The molecule has 0 saturated carbocycles. The van der Waals surface area contributed by atoms with Crippen LogP contribution in [0.5, 0.6) is 0 Å². The van der Waals surface area contributed by atoms with Crippen molar-refractivity contribution in [3.63, 3.8) is 0 Å². The van der Waals surface area contributed by atoms with Crippen molar-refractivity contribution < 1.29 is 62.1 Å². The fourth-order valence-electron chi connectivity index (χ4n) is 0. The van der Waals surface area contributed by atoms with Crippen LogP contribution in [-0.4, -0.2) is 35.2 Å². The third-order valence-electron chi connectivity index (χ3n) is 0.129. The number of rotatable bonds is 1. The summed E-state index contributed by atoms with van der Waals surface area (Å²) in [6.07, 6.45) is 0. The van der Waals surface area contributed by atoms with Gasteiger partial charge < -0.3 is 24.1 Å². The predicted molar refractivity (Wildman–Crippen MR) is 22.6 cm³/mol. The molecule has 0 aliphatic heterocycles. The number of hydrogen-bond donors (Lipinski definition) is 1. The van der Waals surface area contributed by atoms with Crippen LogP contribution in [0.15, 0.2) is 0 Å². The third kappa shape index (κ3) is 134.